The molecule has 6 heteroatoms. The van der Waals surface area contributed by atoms with E-state index >= 15 is 0 Å². The van der Waals surface area contributed by atoms with Crippen LogP contribution in [0.5, 0.6) is 0 Å². The summed E-state index contributed by atoms with van der Waals surface area (Å²) >= 11 is 0. The SMILES string of the molecule is CC(C)(C)C1CCC(n2c(=O)ccc3cnc(Nc4ccc(N5CCCCC5)cc4)nc32)CC1. The Kier molecular flexibility index (Phi) is 6.32. The largest absolute Gasteiger partial charge is 0.372 e. The Morgan fingerprint density at radius 2 is 1.62 bits per heavy atom. The number of nitrogens with one attached hydrogen (secondary N) is 1. The summed E-state index contributed by atoms with van der Waals surface area (Å²) in [5.41, 5.74) is 3.30. The second-order valence-electron chi connectivity index (χ2n) is 11.1. The lowest BCUT2D eigenvalue weighted by atomic mass is 9.71. The third-order valence-electron chi connectivity index (χ3n) is 7.80. The number of aromatic nitrogens is 3. The van der Waals surface area contributed by atoms with Gasteiger partial charge in [0.15, 0.2) is 0 Å². The minimum Gasteiger partial charge on any atom is -0.372 e. The molecular formula is C28H37N5O. The lowest BCUT2D eigenvalue weighted by Gasteiger charge is -2.37. The molecule has 2 fully saturated rings. The van der Waals surface area contributed by atoms with E-state index in [2.05, 4.69) is 60.2 Å². The highest BCUT2D eigenvalue weighted by atomic mass is 16.1. The predicted octanol–water partition coefficient (Wildman–Crippen LogP) is 6.30. The number of pyridine rings is 1. The Labute approximate surface area is 202 Å². The van der Waals surface area contributed by atoms with Gasteiger partial charge in [0.1, 0.15) is 5.65 Å². The molecule has 1 aliphatic heterocycles. The maximum absolute atomic E-state index is 12.9. The summed E-state index contributed by atoms with van der Waals surface area (Å²) in [4.78, 5) is 24.7. The van der Waals surface area contributed by atoms with Crippen molar-refractivity contribution in [2.45, 2.75) is 71.8 Å². The second-order valence-corrected chi connectivity index (χ2v) is 11.1. The van der Waals surface area contributed by atoms with Crippen LogP contribution in [0.15, 0.2) is 47.4 Å². The van der Waals surface area contributed by atoms with Crippen molar-refractivity contribution in [1.29, 1.82) is 0 Å². The molecule has 5 rings (SSSR count). The summed E-state index contributed by atoms with van der Waals surface area (Å²) in [6.07, 6.45) is 10.0. The van der Waals surface area contributed by atoms with Gasteiger partial charge in [0.25, 0.3) is 5.56 Å². The van der Waals surface area contributed by atoms with E-state index in [1.807, 2.05) is 16.8 Å². The average molecular weight is 460 g/mol. The van der Waals surface area contributed by atoms with Crippen molar-refractivity contribution in [2.24, 2.45) is 11.3 Å². The molecule has 6 nitrogen and oxygen atoms in total. The van der Waals surface area contributed by atoms with Crippen molar-refractivity contribution >= 4 is 28.4 Å². The molecule has 0 amide bonds. The summed E-state index contributed by atoms with van der Waals surface area (Å²) < 4.78 is 1.92. The van der Waals surface area contributed by atoms with E-state index in [4.69, 9.17) is 4.98 Å². The van der Waals surface area contributed by atoms with Gasteiger partial charge in [-0.15, -0.1) is 0 Å². The first-order valence-electron chi connectivity index (χ1n) is 12.9. The van der Waals surface area contributed by atoms with E-state index < -0.39 is 0 Å². The van der Waals surface area contributed by atoms with Crippen LogP contribution in [0, 0.1) is 11.3 Å². The molecule has 0 radical (unpaired) electrons. The monoisotopic (exact) mass is 459 g/mol. The van der Waals surface area contributed by atoms with E-state index in [0.29, 0.717) is 17.3 Å². The van der Waals surface area contributed by atoms with Crippen LogP contribution in [0.1, 0.15) is 71.8 Å². The molecule has 0 spiro atoms. The van der Waals surface area contributed by atoms with Gasteiger partial charge in [0.2, 0.25) is 5.95 Å². The minimum atomic E-state index is 0.0299. The molecule has 1 saturated carbocycles. The first-order valence-corrected chi connectivity index (χ1v) is 12.9. The van der Waals surface area contributed by atoms with E-state index in [1.54, 1.807) is 6.07 Å². The summed E-state index contributed by atoms with van der Waals surface area (Å²) in [6.45, 7) is 9.25. The van der Waals surface area contributed by atoms with Crippen molar-refractivity contribution in [3.8, 4) is 0 Å². The molecule has 0 unspecified atom stereocenters. The lowest BCUT2D eigenvalue weighted by molar-refractivity contribution is 0.152. The summed E-state index contributed by atoms with van der Waals surface area (Å²) in [6, 6.07) is 12.2. The Bertz CT molecular complexity index is 1180. The number of piperidine rings is 1. The first kappa shape index (κ1) is 22.9. The number of fused-ring (bicyclic) bond motifs is 1. The minimum absolute atomic E-state index is 0.0299. The van der Waals surface area contributed by atoms with Crippen LogP contribution in [0.4, 0.5) is 17.3 Å². The van der Waals surface area contributed by atoms with Crippen molar-refractivity contribution < 1.29 is 0 Å². The fraction of sp³-hybridized carbons (Fsp3) is 0.536. The van der Waals surface area contributed by atoms with Crippen LogP contribution in [0.3, 0.4) is 0 Å². The maximum Gasteiger partial charge on any atom is 0.252 e. The molecule has 3 heterocycles. The Morgan fingerprint density at radius 3 is 2.29 bits per heavy atom. The number of benzene rings is 1. The van der Waals surface area contributed by atoms with Gasteiger partial charge in [0.05, 0.1) is 0 Å². The van der Waals surface area contributed by atoms with Gasteiger partial charge in [-0.3, -0.25) is 9.36 Å². The molecule has 2 aromatic heterocycles. The van der Waals surface area contributed by atoms with Gasteiger partial charge in [0, 0.05) is 48.2 Å². The van der Waals surface area contributed by atoms with E-state index in [0.717, 1.165) is 55.5 Å². The normalized spacial score (nSPS) is 21.6. The molecular weight excluding hydrogens is 422 g/mol. The summed E-state index contributed by atoms with van der Waals surface area (Å²) in [5.74, 6) is 1.23. The molecule has 0 atom stereocenters. The molecule has 3 aromatic rings. The zero-order valence-corrected chi connectivity index (χ0v) is 20.8. The zero-order valence-electron chi connectivity index (χ0n) is 20.8. The number of hydrogen-bond donors (Lipinski definition) is 1. The van der Waals surface area contributed by atoms with E-state index in [1.165, 1.54) is 24.9 Å². The highest BCUT2D eigenvalue weighted by Gasteiger charge is 2.31. The number of rotatable bonds is 4. The topological polar surface area (TPSA) is 63.1 Å². The van der Waals surface area contributed by atoms with Crippen LogP contribution in [0.25, 0.3) is 11.0 Å². The van der Waals surface area contributed by atoms with Gasteiger partial charge in [-0.05, 0) is 86.6 Å². The maximum atomic E-state index is 12.9. The molecule has 0 bridgehead atoms. The van der Waals surface area contributed by atoms with Crippen LogP contribution < -0.4 is 15.8 Å². The van der Waals surface area contributed by atoms with Crippen LogP contribution >= 0.6 is 0 Å². The molecule has 1 N–H and O–H groups in total. The quantitative estimate of drug-likeness (QED) is 0.496. The number of nitrogens with zero attached hydrogens (tertiary/aromatic N) is 4. The van der Waals surface area contributed by atoms with Gasteiger partial charge in [-0.25, -0.2) is 4.98 Å². The molecule has 1 aromatic carbocycles. The van der Waals surface area contributed by atoms with Crippen LogP contribution in [0.2, 0.25) is 0 Å². The molecule has 1 aliphatic carbocycles. The van der Waals surface area contributed by atoms with Gasteiger partial charge < -0.3 is 10.2 Å². The fourth-order valence-corrected chi connectivity index (χ4v) is 5.69. The summed E-state index contributed by atoms with van der Waals surface area (Å²) in [5, 5.41) is 4.25. The molecule has 2 aliphatic rings. The van der Waals surface area contributed by atoms with Crippen molar-refractivity contribution in [3.05, 3.63) is 52.9 Å². The summed E-state index contributed by atoms with van der Waals surface area (Å²) in [7, 11) is 0. The molecule has 1 saturated heterocycles. The zero-order chi connectivity index (χ0) is 23.7. The molecule has 180 valence electrons. The highest BCUT2D eigenvalue weighted by molar-refractivity contribution is 5.76. The van der Waals surface area contributed by atoms with E-state index in [-0.39, 0.29) is 11.6 Å². The lowest BCUT2D eigenvalue weighted by Crippen LogP contribution is -2.31. The van der Waals surface area contributed by atoms with Crippen molar-refractivity contribution in [1.82, 2.24) is 14.5 Å². The predicted molar refractivity (Wildman–Crippen MR) is 140 cm³/mol. The standard InChI is InChI=1S/C28H37N5O/c1-28(2,3)21-8-12-24(13-9-21)33-25(34)16-7-20-19-29-27(31-26(20)33)30-22-10-14-23(15-11-22)32-17-5-4-6-18-32/h7,10-11,14-16,19,21,24H,4-6,8-9,12-13,17-18H2,1-3H3,(H,29,30,31). The highest BCUT2D eigenvalue weighted by Crippen LogP contribution is 2.41. The van der Waals surface area contributed by atoms with Crippen LogP contribution in [-0.2, 0) is 0 Å². The number of anilines is 3. The van der Waals surface area contributed by atoms with Gasteiger partial charge in [-0.2, -0.15) is 4.98 Å². The van der Waals surface area contributed by atoms with Gasteiger partial charge in [-0.1, -0.05) is 20.8 Å². The smallest absolute Gasteiger partial charge is 0.252 e. The number of hydrogen-bond acceptors (Lipinski definition) is 5. The Hall–Kier alpha value is -2.89. The fourth-order valence-electron chi connectivity index (χ4n) is 5.69. The third-order valence-corrected chi connectivity index (χ3v) is 7.80. The van der Waals surface area contributed by atoms with Crippen LogP contribution in [-0.4, -0.2) is 27.6 Å². The third kappa shape index (κ3) is 4.82. The first-order chi connectivity index (χ1) is 16.4. The van der Waals surface area contributed by atoms with Crippen molar-refractivity contribution in [2.75, 3.05) is 23.3 Å². The molecule has 34 heavy (non-hydrogen) atoms. The van der Waals surface area contributed by atoms with Crippen molar-refractivity contribution in [3.63, 3.8) is 0 Å². The Balaban J connectivity index is 1.37. The average Bonchev–Trinajstić information content (AvgIpc) is 2.84. The Morgan fingerprint density at radius 1 is 0.912 bits per heavy atom. The second kappa shape index (κ2) is 9.40. The van der Waals surface area contributed by atoms with Gasteiger partial charge >= 0.3 is 0 Å². The van der Waals surface area contributed by atoms with E-state index in [9.17, 15) is 4.79 Å².